The standard InChI is InChI=1S/C20H23F6N5O2/c1-18(2)13(8-14(18)32)30-15-12(20(24,25)26)10-29-17(31-15)28-9-11-4-3-6-27-16(11)33-7-5-19(21,22)23/h3-4,6,10,13-14,32H,5,7-9H2,1-2H3,(H2,28,29,30,31)/t13-,14-/m0/s1. The highest BCUT2D eigenvalue weighted by Gasteiger charge is 2.48. The van der Waals surface area contributed by atoms with Crippen LogP contribution in [0, 0.1) is 5.41 Å². The van der Waals surface area contributed by atoms with E-state index in [9.17, 15) is 31.4 Å². The van der Waals surface area contributed by atoms with Crippen molar-refractivity contribution in [2.45, 2.75) is 57.7 Å². The summed E-state index contributed by atoms with van der Waals surface area (Å²) in [4.78, 5) is 11.6. The van der Waals surface area contributed by atoms with Gasteiger partial charge in [0.1, 0.15) is 11.4 Å². The Bertz CT molecular complexity index is 967. The van der Waals surface area contributed by atoms with Gasteiger partial charge in [-0.2, -0.15) is 31.3 Å². The minimum absolute atomic E-state index is 0.0373. The van der Waals surface area contributed by atoms with Crippen LogP contribution in [-0.4, -0.2) is 45.0 Å². The highest BCUT2D eigenvalue weighted by atomic mass is 19.4. The van der Waals surface area contributed by atoms with Crippen molar-refractivity contribution in [1.82, 2.24) is 15.0 Å². The molecule has 1 fully saturated rings. The van der Waals surface area contributed by atoms with Gasteiger partial charge >= 0.3 is 12.4 Å². The summed E-state index contributed by atoms with van der Waals surface area (Å²) >= 11 is 0. The van der Waals surface area contributed by atoms with E-state index in [1.54, 1.807) is 19.9 Å². The Kier molecular flexibility index (Phi) is 6.91. The zero-order valence-corrected chi connectivity index (χ0v) is 17.8. The number of aliphatic hydroxyl groups excluding tert-OH is 1. The zero-order valence-electron chi connectivity index (χ0n) is 17.8. The van der Waals surface area contributed by atoms with E-state index in [0.29, 0.717) is 11.8 Å². The van der Waals surface area contributed by atoms with Crippen LogP contribution >= 0.6 is 0 Å². The van der Waals surface area contributed by atoms with E-state index in [0.717, 1.165) is 0 Å². The molecule has 7 nitrogen and oxygen atoms in total. The van der Waals surface area contributed by atoms with Crippen LogP contribution in [0.2, 0.25) is 0 Å². The second-order valence-electron chi connectivity index (χ2n) is 8.26. The van der Waals surface area contributed by atoms with Gasteiger partial charge < -0.3 is 20.5 Å². The maximum atomic E-state index is 13.4. The van der Waals surface area contributed by atoms with Crippen molar-refractivity contribution in [3.05, 3.63) is 35.7 Å². The van der Waals surface area contributed by atoms with E-state index in [2.05, 4.69) is 25.6 Å². The normalized spacial score (nSPS) is 20.2. The molecule has 0 unspecified atom stereocenters. The lowest BCUT2D eigenvalue weighted by atomic mass is 9.64. The number of nitrogens with zero attached hydrogens (tertiary/aromatic N) is 3. The molecule has 0 aromatic carbocycles. The number of ether oxygens (including phenoxy) is 1. The first-order chi connectivity index (χ1) is 15.3. The van der Waals surface area contributed by atoms with Gasteiger partial charge in [-0.25, -0.2) is 9.97 Å². The maximum absolute atomic E-state index is 13.4. The molecule has 3 rings (SSSR count). The van der Waals surface area contributed by atoms with Crippen LogP contribution in [0.3, 0.4) is 0 Å². The molecule has 0 spiro atoms. The molecular weight excluding hydrogens is 456 g/mol. The largest absolute Gasteiger partial charge is 0.477 e. The molecular formula is C20H23F6N5O2. The highest BCUT2D eigenvalue weighted by molar-refractivity contribution is 5.50. The lowest BCUT2D eigenvalue weighted by Gasteiger charge is -2.49. The van der Waals surface area contributed by atoms with E-state index in [4.69, 9.17) is 4.74 Å². The Morgan fingerprint density at radius 2 is 1.91 bits per heavy atom. The quantitative estimate of drug-likeness (QED) is 0.483. The molecule has 1 saturated carbocycles. The molecule has 1 aliphatic carbocycles. The van der Waals surface area contributed by atoms with E-state index in [1.807, 2.05) is 0 Å². The van der Waals surface area contributed by atoms with Crippen LogP contribution < -0.4 is 15.4 Å². The fraction of sp³-hybridized carbons (Fsp3) is 0.550. The molecule has 3 N–H and O–H groups in total. The number of anilines is 2. The molecule has 33 heavy (non-hydrogen) atoms. The van der Waals surface area contributed by atoms with Gasteiger partial charge in [0.05, 0.1) is 19.1 Å². The molecule has 0 saturated heterocycles. The van der Waals surface area contributed by atoms with Crippen molar-refractivity contribution < 1.29 is 36.2 Å². The molecule has 0 aliphatic heterocycles. The SMILES string of the molecule is CC1(C)[C@@H](Nc2nc(NCc3cccnc3OCCC(F)(F)F)ncc2C(F)(F)F)C[C@@H]1O. The van der Waals surface area contributed by atoms with Crippen molar-refractivity contribution in [3.8, 4) is 5.88 Å². The van der Waals surface area contributed by atoms with Crippen LogP contribution in [0.15, 0.2) is 24.5 Å². The summed E-state index contributed by atoms with van der Waals surface area (Å²) in [6.07, 6.45) is -8.62. The smallest absolute Gasteiger partial charge is 0.421 e. The van der Waals surface area contributed by atoms with Gasteiger partial charge in [-0.1, -0.05) is 19.9 Å². The van der Waals surface area contributed by atoms with E-state index >= 15 is 0 Å². The second-order valence-corrected chi connectivity index (χ2v) is 8.26. The third kappa shape index (κ3) is 6.15. The van der Waals surface area contributed by atoms with Gasteiger partial charge in [0.2, 0.25) is 11.8 Å². The number of alkyl halides is 6. The number of aliphatic hydroxyl groups is 1. The van der Waals surface area contributed by atoms with Gasteiger partial charge in [-0.15, -0.1) is 0 Å². The van der Waals surface area contributed by atoms with Crippen LogP contribution in [0.5, 0.6) is 5.88 Å². The molecule has 2 aromatic heterocycles. The fourth-order valence-electron chi connectivity index (χ4n) is 3.22. The van der Waals surface area contributed by atoms with Crippen molar-refractivity contribution in [3.63, 3.8) is 0 Å². The number of hydrogen-bond donors (Lipinski definition) is 3. The van der Waals surface area contributed by atoms with E-state index in [1.165, 1.54) is 12.3 Å². The monoisotopic (exact) mass is 479 g/mol. The first kappa shape index (κ1) is 24.8. The van der Waals surface area contributed by atoms with Gasteiger partial charge in [0.25, 0.3) is 0 Å². The van der Waals surface area contributed by atoms with Crippen molar-refractivity contribution >= 4 is 11.8 Å². The summed E-state index contributed by atoms with van der Waals surface area (Å²) in [6.45, 7) is 2.79. The predicted molar refractivity (Wildman–Crippen MR) is 107 cm³/mol. The summed E-state index contributed by atoms with van der Waals surface area (Å²) in [6, 6.07) is 2.66. The summed E-state index contributed by atoms with van der Waals surface area (Å²) in [7, 11) is 0. The van der Waals surface area contributed by atoms with Crippen LogP contribution in [-0.2, 0) is 12.7 Å². The Labute approximate surface area is 185 Å². The number of hydrogen-bond acceptors (Lipinski definition) is 7. The zero-order chi connectivity index (χ0) is 24.4. The molecule has 0 amide bonds. The molecule has 182 valence electrons. The minimum atomic E-state index is -4.70. The second kappa shape index (κ2) is 9.20. The van der Waals surface area contributed by atoms with Crippen molar-refractivity contribution in [1.29, 1.82) is 0 Å². The van der Waals surface area contributed by atoms with E-state index < -0.39 is 54.3 Å². The average molecular weight is 479 g/mol. The molecule has 2 heterocycles. The molecule has 13 heteroatoms. The molecule has 0 bridgehead atoms. The Hall–Kier alpha value is -2.83. The van der Waals surface area contributed by atoms with Gasteiger partial charge in [0, 0.05) is 36.0 Å². The Morgan fingerprint density at radius 1 is 1.18 bits per heavy atom. The summed E-state index contributed by atoms with van der Waals surface area (Å²) < 4.78 is 82.4. The molecule has 2 aromatic rings. The Balaban J connectivity index is 1.73. The fourth-order valence-corrected chi connectivity index (χ4v) is 3.22. The number of pyridine rings is 1. The van der Waals surface area contributed by atoms with Crippen LogP contribution in [0.4, 0.5) is 38.1 Å². The van der Waals surface area contributed by atoms with Crippen LogP contribution in [0.1, 0.15) is 37.8 Å². The lowest BCUT2D eigenvalue weighted by Crippen LogP contribution is -2.57. The third-order valence-electron chi connectivity index (χ3n) is 5.53. The number of nitrogens with one attached hydrogen (secondary N) is 2. The molecule has 0 radical (unpaired) electrons. The average Bonchev–Trinajstić information content (AvgIpc) is 2.71. The summed E-state index contributed by atoms with van der Waals surface area (Å²) in [5.41, 5.74) is -1.32. The van der Waals surface area contributed by atoms with E-state index in [-0.39, 0.29) is 24.8 Å². The Morgan fingerprint density at radius 3 is 2.52 bits per heavy atom. The molecule has 2 atom stereocenters. The van der Waals surface area contributed by atoms with Crippen molar-refractivity contribution in [2.24, 2.45) is 5.41 Å². The van der Waals surface area contributed by atoms with Gasteiger partial charge in [-0.05, 0) is 12.5 Å². The summed E-state index contributed by atoms with van der Waals surface area (Å²) in [5.74, 6) is -0.601. The highest BCUT2D eigenvalue weighted by Crippen LogP contribution is 2.43. The van der Waals surface area contributed by atoms with Gasteiger partial charge in [0.15, 0.2) is 0 Å². The van der Waals surface area contributed by atoms with Crippen LogP contribution in [0.25, 0.3) is 0 Å². The third-order valence-corrected chi connectivity index (χ3v) is 5.53. The minimum Gasteiger partial charge on any atom is -0.477 e. The topological polar surface area (TPSA) is 92.2 Å². The number of halogens is 6. The summed E-state index contributed by atoms with van der Waals surface area (Å²) in [5, 5.41) is 15.4. The number of aromatic nitrogens is 3. The first-order valence-corrected chi connectivity index (χ1v) is 10.0. The molecule has 1 aliphatic rings. The number of rotatable bonds is 8. The van der Waals surface area contributed by atoms with Gasteiger partial charge in [-0.3, -0.25) is 0 Å². The van der Waals surface area contributed by atoms with Crippen molar-refractivity contribution in [2.75, 3.05) is 17.2 Å². The maximum Gasteiger partial charge on any atom is 0.421 e. The predicted octanol–water partition coefficient (Wildman–Crippen LogP) is 4.41. The first-order valence-electron chi connectivity index (χ1n) is 10.0. The lowest BCUT2D eigenvalue weighted by molar-refractivity contribution is -0.140.